The average Bonchev–Trinajstić information content (AvgIpc) is 3.53. The van der Waals surface area contributed by atoms with Gasteiger partial charge in [0.1, 0.15) is 5.52 Å². The number of Topliss-reactive ketones (excluding diaryl/α,β-unsaturated/α-hetero) is 1. The fraction of sp³-hybridized carbons (Fsp3) is 0.583. The van der Waals surface area contributed by atoms with Crippen molar-refractivity contribution in [3.63, 3.8) is 0 Å². The van der Waals surface area contributed by atoms with Crippen LogP contribution >= 0.6 is 0 Å². The maximum absolute atomic E-state index is 12.4. The molecule has 0 aromatic carbocycles. The summed E-state index contributed by atoms with van der Waals surface area (Å²) >= 11 is 0. The molecule has 2 aliphatic rings. The number of hydrogen-bond donors (Lipinski definition) is 2. The van der Waals surface area contributed by atoms with E-state index in [0.29, 0.717) is 61.4 Å². The molecule has 12 nitrogen and oxygen atoms in total. The Bertz CT molecular complexity index is 1150. The standard InChI is InChI=1S/C20H23N7O4.C2H7N.C2H6/c1-2-3-15(28)16-10-14-18(31-16)19(26-6-8-30-9-7-26)23-20(21-14)22-17-11-13(12-4-5-12)24-27(17)25-29;1-3-2;1-2/h10-12H,2-9H2,1H3,(H,21,22,23);3H,1-2H3;1-2H3. The second kappa shape index (κ2) is 13.1. The molecule has 2 fully saturated rings. The van der Waals surface area contributed by atoms with E-state index >= 15 is 0 Å². The number of ketones is 1. The fourth-order valence-electron chi connectivity index (χ4n) is 3.68. The van der Waals surface area contributed by atoms with Gasteiger partial charge in [0.15, 0.2) is 28.8 Å². The summed E-state index contributed by atoms with van der Waals surface area (Å²) in [7, 11) is 3.75. The summed E-state index contributed by atoms with van der Waals surface area (Å²) in [5.74, 6) is 1.83. The predicted molar refractivity (Wildman–Crippen MR) is 139 cm³/mol. The molecule has 0 spiro atoms. The summed E-state index contributed by atoms with van der Waals surface area (Å²) in [5.41, 5.74) is 1.81. The maximum atomic E-state index is 12.4. The summed E-state index contributed by atoms with van der Waals surface area (Å²) in [4.78, 5) is 35.8. The highest BCUT2D eigenvalue weighted by atomic mass is 16.5. The van der Waals surface area contributed by atoms with E-state index in [-0.39, 0.29) is 17.5 Å². The number of nitroso groups, excluding NO2 is 1. The lowest BCUT2D eigenvalue weighted by Gasteiger charge is -2.27. The van der Waals surface area contributed by atoms with Crippen LogP contribution in [-0.4, -0.2) is 66.0 Å². The molecule has 0 amide bonds. The minimum atomic E-state index is -0.0692. The molecule has 0 bridgehead atoms. The van der Waals surface area contributed by atoms with E-state index in [1.165, 1.54) is 0 Å². The third-order valence-corrected chi connectivity index (χ3v) is 5.44. The van der Waals surface area contributed by atoms with Crippen LogP contribution in [-0.2, 0) is 4.74 Å². The summed E-state index contributed by atoms with van der Waals surface area (Å²) in [6, 6.07) is 3.45. The fourth-order valence-corrected chi connectivity index (χ4v) is 3.68. The molecule has 1 saturated carbocycles. The molecule has 0 atom stereocenters. The van der Waals surface area contributed by atoms with Crippen molar-refractivity contribution in [3.05, 3.63) is 28.5 Å². The number of rotatable bonds is 8. The zero-order chi connectivity index (χ0) is 26.1. The first kappa shape index (κ1) is 27.2. The quantitative estimate of drug-likeness (QED) is 0.341. The van der Waals surface area contributed by atoms with Crippen LogP contribution in [0.2, 0.25) is 0 Å². The van der Waals surface area contributed by atoms with Gasteiger partial charge in [-0.05, 0) is 33.4 Å². The SMILES string of the molecule is CC.CCCC(=O)c1cc2nc(Nc3cc(C4CC4)nn3N=O)nc(N3CCOCC3)c2o1.CNC. The predicted octanol–water partition coefficient (Wildman–Crippen LogP) is 4.25. The first-order valence-corrected chi connectivity index (χ1v) is 12.5. The van der Waals surface area contributed by atoms with Crippen molar-refractivity contribution in [3.8, 4) is 0 Å². The highest BCUT2D eigenvalue weighted by Gasteiger charge is 2.28. The topological polar surface area (TPSA) is 140 Å². The van der Waals surface area contributed by atoms with Crippen LogP contribution in [0.15, 0.2) is 21.8 Å². The second-order valence-electron chi connectivity index (χ2n) is 8.29. The summed E-state index contributed by atoms with van der Waals surface area (Å²) in [6.07, 6.45) is 3.25. The Hall–Kier alpha value is -3.38. The van der Waals surface area contributed by atoms with E-state index < -0.39 is 0 Å². The summed E-state index contributed by atoms with van der Waals surface area (Å²) < 4.78 is 11.3. The van der Waals surface area contributed by atoms with Crippen LogP contribution < -0.4 is 15.5 Å². The molecule has 5 rings (SSSR count). The minimum Gasteiger partial charge on any atom is -0.447 e. The molecule has 0 radical (unpaired) electrons. The van der Waals surface area contributed by atoms with E-state index in [9.17, 15) is 9.70 Å². The van der Waals surface area contributed by atoms with E-state index in [4.69, 9.17) is 9.15 Å². The molecule has 12 heteroatoms. The Kier molecular flexibility index (Phi) is 9.88. The van der Waals surface area contributed by atoms with Crippen LogP contribution in [0, 0.1) is 4.91 Å². The molecule has 2 N–H and O–H groups in total. The Morgan fingerprint density at radius 1 is 1.17 bits per heavy atom. The lowest BCUT2D eigenvalue weighted by atomic mass is 10.2. The van der Waals surface area contributed by atoms with Gasteiger partial charge >= 0.3 is 0 Å². The number of aromatic nitrogens is 4. The molecule has 36 heavy (non-hydrogen) atoms. The van der Waals surface area contributed by atoms with Gasteiger partial charge in [0.05, 0.1) is 24.2 Å². The summed E-state index contributed by atoms with van der Waals surface area (Å²) in [6.45, 7) is 8.38. The van der Waals surface area contributed by atoms with Crippen LogP contribution in [0.25, 0.3) is 11.1 Å². The van der Waals surface area contributed by atoms with Crippen LogP contribution in [0.5, 0.6) is 0 Å². The van der Waals surface area contributed by atoms with Gasteiger partial charge in [-0.2, -0.15) is 10.1 Å². The normalized spacial score (nSPS) is 15.0. The van der Waals surface area contributed by atoms with Crippen molar-refractivity contribution in [2.24, 2.45) is 5.29 Å². The van der Waals surface area contributed by atoms with Gasteiger partial charge in [-0.1, -0.05) is 25.6 Å². The van der Waals surface area contributed by atoms with E-state index in [1.54, 1.807) is 12.1 Å². The Morgan fingerprint density at radius 2 is 1.86 bits per heavy atom. The third kappa shape index (κ3) is 6.43. The number of furan rings is 1. The van der Waals surface area contributed by atoms with E-state index in [2.05, 4.69) is 31.0 Å². The van der Waals surface area contributed by atoms with Crippen molar-refractivity contribution < 1.29 is 13.9 Å². The lowest BCUT2D eigenvalue weighted by Crippen LogP contribution is -2.37. The largest absolute Gasteiger partial charge is 0.447 e. The zero-order valence-electron chi connectivity index (χ0n) is 21.7. The molecule has 3 aromatic heterocycles. The number of fused-ring (bicyclic) bond motifs is 1. The number of hydrogen-bond acceptors (Lipinski definition) is 11. The Labute approximate surface area is 210 Å². The van der Waals surface area contributed by atoms with Crippen molar-refractivity contribution in [1.29, 1.82) is 0 Å². The zero-order valence-corrected chi connectivity index (χ0v) is 21.7. The third-order valence-electron chi connectivity index (χ3n) is 5.44. The molecule has 3 aromatic rings. The molecular formula is C24H36N8O4. The van der Waals surface area contributed by atoms with Crippen LogP contribution in [0.3, 0.4) is 0 Å². The number of ether oxygens (including phenoxy) is 1. The number of nitrogens with one attached hydrogen (secondary N) is 2. The number of nitrogens with zero attached hydrogens (tertiary/aromatic N) is 6. The number of carbonyl (C=O) groups excluding carboxylic acids is 1. The van der Waals surface area contributed by atoms with Crippen molar-refractivity contribution in [2.45, 2.75) is 52.4 Å². The number of morpholine rings is 1. The molecule has 4 heterocycles. The smallest absolute Gasteiger partial charge is 0.231 e. The van der Waals surface area contributed by atoms with Crippen LogP contribution in [0.4, 0.5) is 17.6 Å². The lowest BCUT2D eigenvalue weighted by molar-refractivity contribution is 0.0957. The van der Waals surface area contributed by atoms with Gasteiger partial charge in [-0.25, -0.2) is 4.98 Å². The van der Waals surface area contributed by atoms with Gasteiger partial charge in [0.25, 0.3) is 0 Å². The second-order valence-corrected chi connectivity index (χ2v) is 8.29. The highest BCUT2D eigenvalue weighted by Crippen LogP contribution is 2.40. The first-order valence-electron chi connectivity index (χ1n) is 12.5. The van der Waals surface area contributed by atoms with Crippen molar-refractivity contribution in [1.82, 2.24) is 25.2 Å². The highest BCUT2D eigenvalue weighted by molar-refractivity contribution is 5.98. The first-order chi connectivity index (χ1) is 17.6. The van der Waals surface area contributed by atoms with Crippen LogP contribution in [0.1, 0.15) is 68.6 Å². The number of anilines is 3. The Balaban J connectivity index is 0.000000674. The molecule has 1 saturated heterocycles. The average molecular weight is 501 g/mol. The molecule has 1 aliphatic carbocycles. The van der Waals surface area contributed by atoms with E-state index in [0.717, 1.165) is 29.7 Å². The molecular weight excluding hydrogens is 464 g/mol. The van der Waals surface area contributed by atoms with Gasteiger partial charge in [0, 0.05) is 37.6 Å². The van der Waals surface area contributed by atoms with Gasteiger partial charge in [-0.15, -0.1) is 4.91 Å². The summed E-state index contributed by atoms with van der Waals surface area (Å²) in [5, 5.41) is 13.0. The van der Waals surface area contributed by atoms with Crippen molar-refractivity contribution >= 4 is 34.5 Å². The monoisotopic (exact) mass is 500 g/mol. The van der Waals surface area contributed by atoms with Gasteiger partial charge in [-0.3, -0.25) is 4.79 Å². The van der Waals surface area contributed by atoms with Crippen molar-refractivity contribution in [2.75, 3.05) is 50.6 Å². The maximum Gasteiger partial charge on any atom is 0.231 e. The molecule has 0 unspecified atom stereocenters. The Morgan fingerprint density at radius 3 is 2.47 bits per heavy atom. The van der Waals surface area contributed by atoms with Gasteiger partial charge in [0.2, 0.25) is 5.95 Å². The van der Waals surface area contributed by atoms with E-state index in [1.807, 2.05) is 39.8 Å². The van der Waals surface area contributed by atoms with Gasteiger partial charge < -0.3 is 24.7 Å². The minimum absolute atomic E-state index is 0.0692. The molecule has 1 aliphatic heterocycles. The number of carbonyl (C=O) groups is 1. The molecule has 196 valence electrons.